The average Bonchev–Trinajstić information content (AvgIpc) is 3.10. The first-order chi connectivity index (χ1) is 14.5. The van der Waals surface area contributed by atoms with Crippen LogP contribution in [0.2, 0.25) is 0 Å². The summed E-state index contributed by atoms with van der Waals surface area (Å²) in [4.78, 5) is 5.77. The number of methoxy groups -OCH3 is 1. The Morgan fingerprint density at radius 2 is 2.07 bits per heavy atom. The van der Waals surface area contributed by atoms with Gasteiger partial charge in [0.05, 0.1) is 13.2 Å². The third-order valence-corrected chi connectivity index (χ3v) is 6.91. The molecule has 0 bridgehead atoms. The van der Waals surface area contributed by atoms with E-state index in [1.807, 2.05) is 30.3 Å². The molecule has 3 unspecified atom stereocenters. The van der Waals surface area contributed by atoms with Crippen molar-refractivity contribution in [1.29, 1.82) is 0 Å². The summed E-state index contributed by atoms with van der Waals surface area (Å²) in [6.07, 6.45) is 2.88. The van der Waals surface area contributed by atoms with E-state index in [2.05, 4.69) is 16.5 Å². The van der Waals surface area contributed by atoms with Crippen molar-refractivity contribution in [3.05, 3.63) is 77.4 Å². The summed E-state index contributed by atoms with van der Waals surface area (Å²) in [6, 6.07) is 12.8. The molecule has 2 N–H and O–H groups in total. The third kappa shape index (κ3) is 3.18. The van der Waals surface area contributed by atoms with Gasteiger partial charge in [-0.15, -0.1) is 0 Å². The Morgan fingerprint density at radius 3 is 2.87 bits per heavy atom. The SMILES string of the molecule is C=C(O)C(c1cccc(OC)c1)N1CCC2Cc3[nH]c4cccc(F)c4c3CC2C1. The number of hydrogen-bond acceptors (Lipinski definition) is 3. The number of nitrogens with one attached hydrogen (secondary N) is 1. The molecule has 30 heavy (non-hydrogen) atoms. The largest absolute Gasteiger partial charge is 0.511 e. The number of aromatic nitrogens is 1. The molecule has 1 aliphatic heterocycles. The Balaban J connectivity index is 1.44. The molecule has 156 valence electrons. The van der Waals surface area contributed by atoms with Crippen LogP contribution >= 0.6 is 0 Å². The summed E-state index contributed by atoms with van der Waals surface area (Å²) in [6.45, 7) is 5.61. The van der Waals surface area contributed by atoms with Gasteiger partial charge in [-0.3, -0.25) is 4.90 Å². The lowest BCUT2D eigenvalue weighted by molar-refractivity contribution is 0.0716. The lowest BCUT2D eigenvalue weighted by Crippen LogP contribution is -2.45. The minimum Gasteiger partial charge on any atom is -0.511 e. The molecule has 5 heteroatoms. The average molecular weight is 407 g/mol. The van der Waals surface area contributed by atoms with Gasteiger partial charge in [-0.1, -0.05) is 24.8 Å². The number of halogens is 1. The van der Waals surface area contributed by atoms with Crippen LogP contribution in [0.25, 0.3) is 10.9 Å². The van der Waals surface area contributed by atoms with Crippen molar-refractivity contribution < 1.29 is 14.2 Å². The van der Waals surface area contributed by atoms with Gasteiger partial charge in [-0.2, -0.15) is 0 Å². The molecule has 3 atom stereocenters. The van der Waals surface area contributed by atoms with E-state index < -0.39 is 0 Å². The quantitative estimate of drug-likeness (QED) is 0.588. The summed E-state index contributed by atoms with van der Waals surface area (Å²) in [5.41, 5.74) is 4.20. The van der Waals surface area contributed by atoms with Crippen molar-refractivity contribution in [1.82, 2.24) is 9.88 Å². The maximum Gasteiger partial charge on any atom is 0.132 e. The number of piperidine rings is 1. The number of nitrogens with zero attached hydrogens (tertiary/aromatic N) is 1. The summed E-state index contributed by atoms with van der Waals surface area (Å²) in [7, 11) is 1.65. The molecule has 1 aliphatic carbocycles. The Hall–Kier alpha value is -2.79. The second-order valence-corrected chi connectivity index (χ2v) is 8.63. The summed E-state index contributed by atoms with van der Waals surface area (Å²) < 4.78 is 19.9. The van der Waals surface area contributed by atoms with Crippen LogP contribution in [0.3, 0.4) is 0 Å². The van der Waals surface area contributed by atoms with Crippen LogP contribution in [-0.2, 0) is 12.8 Å². The van der Waals surface area contributed by atoms with Crippen molar-refractivity contribution in [2.24, 2.45) is 11.8 Å². The zero-order valence-electron chi connectivity index (χ0n) is 17.2. The maximum atomic E-state index is 14.5. The standard InChI is InChI=1S/C25H27FN2O2/c1-15(29)25(17-5-3-6-19(11-17)30-2)28-10-9-16-13-23-20(12-18(16)14-28)24-21(26)7-4-8-22(24)27-23/h3-8,11,16,18,25,27,29H,1,9-10,12-14H2,2H3. The van der Waals surface area contributed by atoms with E-state index >= 15 is 0 Å². The molecule has 0 amide bonds. The van der Waals surface area contributed by atoms with Gasteiger partial charge in [0.15, 0.2) is 0 Å². The minimum atomic E-state index is -0.262. The van der Waals surface area contributed by atoms with Gasteiger partial charge in [0.25, 0.3) is 0 Å². The summed E-state index contributed by atoms with van der Waals surface area (Å²) in [5.74, 6) is 1.77. The predicted octanol–water partition coefficient (Wildman–Crippen LogP) is 5.17. The normalized spacial score (nSPS) is 22.3. The van der Waals surface area contributed by atoms with Crippen LogP contribution in [0.5, 0.6) is 5.75 Å². The predicted molar refractivity (Wildman–Crippen MR) is 116 cm³/mol. The zero-order valence-corrected chi connectivity index (χ0v) is 17.2. The minimum absolute atomic E-state index is 0.144. The Morgan fingerprint density at radius 1 is 1.23 bits per heavy atom. The Labute approximate surface area is 176 Å². The lowest BCUT2D eigenvalue weighted by Gasteiger charge is -2.44. The number of aliphatic hydroxyl groups is 1. The molecule has 4 nitrogen and oxygen atoms in total. The fourth-order valence-electron chi connectivity index (χ4n) is 5.52. The van der Waals surface area contributed by atoms with Gasteiger partial charge >= 0.3 is 0 Å². The van der Waals surface area contributed by atoms with Crippen LogP contribution in [-0.4, -0.2) is 35.2 Å². The van der Waals surface area contributed by atoms with E-state index in [9.17, 15) is 9.50 Å². The zero-order chi connectivity index (χ0) is 20.8. The number of aliphatic hydroxyl groups excluding tert-OH is 1. The summed E-state index contributed by atoms with van der Waals surface area (Å²) in [5, 5.41) is 11.2. The number of benzene rings is 2. The highest BCUT2D eigenvalue weighted by Crippen LogP contribution is 2.42. The lowest BCUT2D eigenvalue weighted by atomic mass is 9.73. The second kappa shape index (κ2) is 7.47. The number of H-pyrrole nitrogens is 1. The molecule has 5 rings (SSSR count). The van der Waals surface area contributed by atoms with Crippen molar-refractivity contribution in [2.75, 3.05) is 20.2 Å². The smallest absolute Gasteiger partial charge is 0.132 e. The highest BCUT2D eigenvalue weighted by molar-refractivity contribution is 5.85. The van der Waals surface area contributed by atoms with Gasteiger partial charge in [-0.05, 0) is 73.0 Å². The van der Waals surface area contributed by atoms with Gasteiger partial charge in [-0.25, -0.2) is 4.39 Å². The fraction of sp³-hybridized carbons (Fsp3) is 0.360. The molecule has 2 aliphatic rings. The first kappa shape index (κ1) is 19.2. The topological polar surface area (TPSA) is 48.5 Å². The van der Waals surface area contributed by atoms with Crippen molar-refractivity contribution in [3.8, 4) is 5.75 Å². The van der Waals surface area contributed by atoms with E-state index in [1.165, 1.54) is 5.69 Å². The number of ether oxygens (including phenoxy) is 1. The molecule has 0 spiro atoms. The Bertz CT molecular complexity index is 1110. The highest BCUT2D eigenvalue weighted by atomic mass is 19.1. The highest BCUT2D eigenvalue weighted by Gasteiger charge is 2.38. The molecule has 0 saturated carbocycles. The molecular weight excluding hydrogens is 379 g/mol. The fourth-order valence-corrected chi connectivity index (χ4v) is 5.52. The molecule has 0 radical (unpaired) electrons. The molecule has 3 aromatic rings. The van der Waals surface area contributed by atoms with Crippen LogP contribution in [0.1, 0.15) is 29.3 Å². The van der Waals surface area contributed by atoms with Crippen molar-refractivity contribution >= 4 is 10.9 Å². The first-order valence-electron chi connectivity index (χ1n) is 10.6. The van der Waals surface area contributed by atoms with Gasteiger partial charge < -0.3 is 14.8 Å². The monoisotopic (exact) mass is 406 g/mol. The van der Waals surface area contributed by atoms with Gasteiger partial charge in [0.2, 0.25) is 0 Å². The summed E-state index contributed by atoms with van der Waals surface area (Å²) >= 11 is 0. The van der Waals surface area contributed by atoms with E-state index in [1.54, 1.807) is 19.2 Å². The van der Waals surface area contributed by atoms with Crippen LogP contribution in [0, 0.1) is 17.7 Å². The molecule has 1 aromatic heterocycles. The molecule has 2 heterocycles. The van der Waals surface area contributed by atoms with E-state index in [0.29, 0.717) is 11.8 Å². The molecular formula is C25H27FN2O2. The number of likely N-dealkylation sites (tertiary alicyclic amines) is 1. The molecule has 1 fully saturated rings. The van der Waals surface area contributed by atoms with Crippen molar-refractivity contribution in [2.45, 2.75) is 25.3 Å². The number of hydrogen-bond donors (Lipinski definition) is 2. The number of aromatic amines is 1. The van der Waals surface area contributed by atoms with Gasteiger partial charge in [0.1, 0.15) is 17.3 Å². The van der Waals surface area contributed by atoms with E-state index in [0.717, 1.165) is 60.1 Å². The molecule has 1 saturated heterocycles. The van der Waals surface area contributed by atoms with Crippen LogP contribution in [0.15, 0.2) is 54.8 Å². The first-order valence-corrected chi connectivity index (χ1v) is 10.6. The van der Waals surface area contributed by atoms with Crippen molar-refractivity contribution in [3.63, 3.8) is 0 Å². The van der Waals surface area contributed by atoms with E-state index in [4.69, 9.17) is 4.74 Å². The number of fused-ring (bicyclic) bond motifs is 4. The van der Waals surface area contributed by atoms with Crippen LogP contribution < -0.4 is 4.74 Å². The third-order valence-electron chi connectivity index (χ3n) is 6.91. The Kier molecular flexibility index (Phi) is 4.78. The second-order valence-electron chi connectivity index (χ2n) is 8.63. The molecule has 2 aromatic carbocycles. The maximum absolute atomic E-state index is 14.5. The van der Waals surface area contributed by atoms with Crippen LogP contribution in [0.4, 0.5) is 4.39 Å². The number of rotatable bonds is 4. The van der Waals surface area contributed by atoms with Gasteiger partial charge in [0, 0.05) is 23.1 Å². The van der Waals surface area contributed by atoms with E-state index in [-0.39, 0.29) is 17.6 Å².